The second-order valence-electron chi connectivity index (χ2n) is 6.80. The predicted octanol–water partition coefficient (Wildman–Crippen LogP) is 3.45. The largest absolute Gasteiger partial charge is 0.508 e. The van der Waals surface area contributed by atoms with E-state index in [1.165, 1.54) is 11.1 Å². The summed E-state index contributed by atoms with van der Waals surface area (Å²) in [7, 11) is 0. The molecule has 1 aliphatic rings. The number of furan rings is 1. The van der Waals surface area contributed by atoms with Crippen LogP contribution in [0.1, 0.15) is 23.1 Å². The Morgan fingerprint density at radius 1 is 0.889 bits per heavy atom. The lowest BCUT2D eigenvalue weighted by Crippen LogP contribution is -2.27. The summed E-state index contributed by atoms with van der Waals surface area (Å²) in [5.41, 5.74) is 4.74. The number of fused-ring (bicyclic) bond motifs is 1. The van der Waals surface area contributed by atoms with E-state index in [0.29, 0.717) is 16.9 Å². The van der Waals surface area contributed by atoms with Crippen molar-refractivity contribution in [2.45, 2.75) is 25.2 Å². The molecule has 4 rings (SSSR count). The first-order valence-corrected chi connectivity index (χ1v) is 8.78. The number of hydrogen-bond donors (Lipinski definition) is 4. The maximum absolute atomic E-state index is 10.2. The molecule has 1 aliphatic carbocycles. The molecule has 0 saturated carbocycles. The van der Waals surface area contributed by atoms with Crippen LogP contribution < -0.4 is 0 Å². The van der Waals surface area contributed by atoms with Gasteiger partial charge in [-0.15, -0.1) is 0 Å². The van der Waals surface area contributed by atoms with Crippen molar-refractivity contribution in [3.63, 3.8) is 0 Å². The molecule has 0 saturated heterocycles. The van der Waals surface area contributed by atoms with E-state index in [1.54, 1.807) is 18.2 Å². The van der Waals surface area contributed by atoms with E-state index >= 15 is 0 Å². The number of hydrogen-bond acceptors (Lipinski definition) is 5. The zero-order valence-corrected chi connectivity index (χ0v) is 14.6. The highest BCUT2D eigenvalue weighted by molar-refractivity contribution is 5.71. The highest BCUT2D eigenvalue weighted by Crippen LogP contribution is 2.33. The number of aromatic hydroxyl groups is 1. The van der Waals surface area contributed by atoms with Gasteiger partial charge in [-0.2, -0.15) is 0 Å². The molecule has 1 heterocycles. The standard InChI is InChI=1S/C22H20O5/c23-19-13-18(7-5-15(19)10-11-22(24,25)26)21-9-8-20(27-21)17-6-4-14-2-1-3-16(14)12-17/h1,3-9,12-13,23-26H,2,10-11H2. The van der Waals surface area contributed by atoms with E-state index < -0.39 is 5.97 Å². The van der Waals surface area contributed by atoms with Crippen LogP contribution in [0.25, 0.3) is 28.7 Å². The van der Waals surface area contributed by atoms with E-state index in [0.717, 1.165) is 17.7 Å². The summed E-state index contributed by atoms with van der Waals surface area (Å²) in [6.45, 7) is 0. The van der Waals surface area contributed by atoms with Gasteiger partial charge in [-0.05, 0) is 53.8 Å². The van der Waals surface area contributed by atoms with E-state index in [-0.39, 0.29) is 18.6 Å². The Morgan fingerprint density at radius 2 is 1.59 bits per heavy atom. The summed E-state index contributed by atoms with van der Waals surface area (Å²) in [4.78, 5) is 0. The lowest BCUT2D eigenvalue weighted by Gasteiger charge is -2.14. The second kappa shape index (κ2) is 6.70. The molecule has 2 aromatic carbocycles. The smallest absolute Gasteiger partial charge is 0.275 e. The Balaban J connectivity index is 1.56. The van der Waals surface area contributed by atoms with Crippen molar-refractivity contribution >= 4 is 6.08 Å². The molecule has 1 aromatic heterocycles. The van der Waals surface area contributed by atoms with Gasteiger partial charge >= 0.3 is 0 Å². The maximum Gasteiger partial charge on any atom is 0.275 e. The Morgan fingerprint density at radius 3 is 2.30 bits per heavy atom. The van der Waals surface area contributed by atoms with Gasteiger partial charge in [0.05, 0.1) is 0 Å². The van der Waals surface area contributed by atoms with E-state index in [4.69, 9.17) is 19.7 Å². The minimum Gasteiger partial charge on any atom is -0.508 e. The normalized spacial score (nSPS) is 13.1. The molecule has 0 bridgehead atoms. The van der Waals surface area contributed by atoms with Gasteiger partial charge in [-0.3, -0.25) is 0 Å². The maximum atomic E-state index is 10.2. The SMILES string of the molecule is Oc1cc(-c2ccc(-c3ccc4c(c3)C=CC4)o2)ccc1CCC(O)(O)O. The summed E-state index contributed by atoms with van der Waals surface area (Å²) >= 11 is 0. The molecule has 5 heteroatoms. The van der Waals surface area contributed by atoms with Gasteiger partial charge in [0.2, 0.25) is 0 Å². The Hall–Kier alpha value is -2.86. The summed E-state index contributed by atoms with van der Waals surface area (Å²) in [5.74, 6) is -1.35. The lowest BCUT2D eigenvalue weighted by molar-refractivity contribution is -0.314. The topological polar surface area (TPSA) is 94.1 Å². The molecular weight excluding hydrogens is 344 g/mol. The third-order valence-electron chi connectivity index (χ3n) is 4.77. The van der Waals surface area contributed by atoms with Crippen molar-refractivity contribution < 1.29 is 24.8 Å². The quantitative estimate of drug-likeness (QED) is 0.520. The molecular formula is C22H20O5. The molecule has 0 amide bonds. The molecule has 138 valence electrons. The summed E-state index contributed by atoms with van der Waals surface area (Å²) in [6, 6.07) is 15.0. The van der Waals surface area contributed by atoms with Crippen molar-refractivity contribution in [3.05, 3.63) is 71.3 Å². The number of aryl methyl sites for hydroxylation is 1. The minimum atomic E-state index is -2.74. The Bertz CT molecular complexity index is 1010. The molecule has 27 heavy (non-hydrogen) atoms. The third-order valence-corrected chi connectivity index (χ3v) is 4.77. The Labute approximate surface area is 156 Å². The number of phenols is 1. The van der Waals surface area contributed by atoms with Gasteiger partial charge in [0.25, 0.3) is 5.97 Å². The molecule has 0 fully saturated rings. The highest BCUT2D eigenvalue weighted by Gasteiger charge is 2.19. The van der Waals surface area contributed by atoms with Crippen LogP contribution in [0.3, 0.4) is 0 Å². The van der Waals surface area contributed by atoms with Crippen molar-refractivity contribution in [2.24, 2.45) is 0 Å². The molecule has 0 radical (unpaired) electrons. The molecule has 4 N–H and O–H groups in total. The van der Waals surface area contributed by atoms with Crippen LogP contribution in [-0.2, 0) is 12.8 Å². The monoisotopic (exact) mass is 364 g/mol. The first-order valence-electron chi connectivity index (χ1n) is 8.78. The molecule has 0 aliphatic heterocycles. The van der Waals surface area contributed by atoms with Gasteiger partial charge in [-0.25, -0.2) is 0 Å². The van der Waals surface area contributed by atoms with Crippen molar-refractivity contribution in [1.29, 1.82) is 0 Å². The average molecular weight is 364 g/mol. The fourth-order valence-corrected chi connectivity index (χ4v) is 3.28. The molecule has 0 atom stereocenters. The first-order chi connectivity index (χ1) is 12.9. The van der Waals surface area contributed by atoms with Crippen molar-refractivity contribution in [2.75, 3.05) is 0 Å². The summed E-state index contributed by atoms with van der Waals surface area (Å²) in [6.07, 6.45) is 5.05. The lowest BCUT2D eigenvalue weighted by atomic mass is 10.0. The van der Waals surface area contributed by atoms with Gasteiger partial charge < -0.3 is 24.8 Å². The van der Waals surface area contributed by atoms with Crippen molar-refractivity contribution in [3.8, 4) is 28.4 Å². The van der Waals surface area contributed by atoms with Gasteiger partial charge in [0.15, 0.2) is 0 Å². The van der Waals surface area contributed by atoms with Crippen LogP contribution in [0.4, 0.5) is 0 Å². The van der Waals surface area contributed by atoms with Crippen molar-refractivity contribution in [1.82, 2.24) is 0 Å². The zero-order valence-electron chi connectivity index (χ0n) is 14.6. The fourth-order valence-electron chi connectivity index (χ4n) is 3.28. The van der Waals surface area contributed by atoms with Crippen LogP contribution in [-0.4, -0.2) is 26.4 Å². The number of phenolic OH excluding ortho intramolecular Hbond substituents is 1. The number of rotatable bonds is 5. The van der Waals surface area contributed by atoms with Crippen LogP contribution in [0, 0.1) is 0 Å². The van der Waals surface area contributed by atoms with Gasteiger partial charge in [0, 0.05) is 17.5 Å². The highest BCUT2D eigenvalue weighted by atomic mass is 16.7. The predicted molar refractivity (Wildman–Crippen MR) is 102 cm³/mol. The average Bonchev–Trinajstić information content (AvgIpc) is 3.28. The van der Waals surface area contributed by atoms with E-state index in [1.807, 2.05) is 18.2 Å². The van der Waals surface area contributed by atoms with E-state index in [9.17, 15) is 5.11 Å². The Kier molecular flexibility index (Phi) is 4.36. The number of benzene rings is 2. The van der Waals surface area contributed by atoms with E-state index in [2.05, 4.69) is 24.3 Å². The summed E-state index contributed by atoms with van der Waals surface area (Å²) in [5, 5.41) is 37.1. The molecule has 5 nitrogen and oxygen atoms in total. The minimum absolute atomic E-state index is 0.0115. The summed E-state index contributed by atoms with van der Waals surface area (Å²) < 4.78 is 5.97. The van der Waals surface area contributed by atoms with Crippen LogP contribution in [0.2, 0.25) is 0 Å². The number of allylic oxidation sites excluding steroid dienone is 1. The van der Waals surface area contributed by atoms with Crippen LogP contribution in [0.5, 0.6) is 5.75 Å². The van der Waals surface area contributed by atoms with Gasteiger partial charge in [-0.1, -0.05) is 36.4 Å². The number of aliphatic hydroxyl groups is 3. The van der Waals surface area contributed by atoms with Crippen LogP contribution in [0.15, 0.2) is 59.0 Å². The second-order valence-corrected chi connectivity index (χ2v) is 6.80. The first kappa shape index (κ1) is 17.5. The van der Waals surface area contributed by atoms with Crippen LogP contribution >= 0.6 is 0 Å². The third kappa shape index (κ3) is 3.80. The molecule has 3 aromatic rings. The molecule has 0 unspecified atom stereocenters. The zero-order chi connectivity index (χ0) is 19.0. The molecule has 0 spiro atoms. The fraction of sp³-hybridized carbons (Fsp3) is 0.182. The van der Waals surface area contributed by atoms with Gasteiger partial charge in [0.1, 0.15) is 17.3 Å².